The van der Waals surface area contributed by atoms with Crippen molar-refractivity contribution >= 4 is 34.1 Å². The van der Waals surface area contributed by atoms with Crippen LogP contribution in [0.4, 0.5) is 34.1 Å². The van der Waals surface area contributed by atoms with Gasteiger partial charge >= 0.3 is 0 Å². The summed E-state index contributed by atoms with van der Waals surface area (Å²) in [5, 5.41) is 0. The first kappa shape index (κ1) is 25.5. The molecule has 0 amide bonds. The highest BCUT2D eigenvalue weighted by atomic mass is 16.5. The van der Waals surface area contributed by atoms with E-state index in [1.165, 1.54) is 0 Å². The van der Waals surface area contributed by atoms with E-state index in [1.807, 2.05) is 72.8 Å². The van der Waals surface area contributed by atoms with E-state index in [9.17, 15) is 0 Å². The summed E-state index contributed by atoms with van der Waals surface area (Å²) in [6, 6.07) is 49.5. The number of fused-ring (bicyclic) bond motifs is 8. The van der Waals surface area contributed by atoms with Gasteiger partial charge in [0.1, 0.15) is 11.4 Å². The predicted molar refractivity (Wildman–Crippen MR) is 187 cm³/mol. The Kier molecular flexibility index (Phi) is 5.02. The van der Waals surface area contributed by atoms with Gasteiger partial charge in [0, 0.05) is 0 Å². The number of rotatable bonds is 2. The second-order valence-electron chi connectivity index (χ2n) is 12.2. The average molecular weight is 621 g/mol. The fourth-order valence-electron chi connectivity index (χ4n) is 7.25. The summed E-state index contributed by atoms with van der Waals surface area (Å²) in [6.45, 7) is 0. The molecule has 0 saturated heterocycles. The van der Waals surface area contributed by atoms with Gasteiger partial charge in [0.05, 0.1) is 22.7 Å². The normalized spacial score (nSPS) is 13.6. The first-order valence-electron chi connectivity index (χ1n) is 15.9. The molecule has 4 aliphatic rings. The van der Waals surface area contributed by atoms with E-state index in [1.54, 1.807) is 0 Å². The molecule has 6 nitrogen and oxygen atoms in total. The largest absolute Gasteiger partial charge is 0.453 e. The second kappa shape index (κ2) is 9.44. The van der Waals surface area contributed by atoms with Gasteiger partial charge in [-0.1, -0.05) is 66.7 Å². The molecule has 0 N–H and O–H groups in total. The molecular weight excluding hydrogens is 596 g/mol. The fraction of sp³-hybridized carbons (Fsp3) is 0. The SMILES string of the molecule is c1cc(-c2ccc3c(c2)Oc2cccc4c2N3c2ccccc2O4)cc(-c2cc3c4c(c2)Oc2ccccc2N4c2ccccc2O3)c1. The molecule has 4 aliphatic heterocycles. The molecule has 0 radical (unpaired) electrons. The first-order chi connectivity index (χ1) is 23.8. The Bertz CT molecular complexity index is 2440. The minimum Gasteiger partial charge on any atom is -0.453 e. The monoisotopic (exact) mass is 620 g/mol. The molecule has 0 unspecified atom stereocenters. The van der Waals surface area contributed by atoms with Crippen LogP contribution in [-0.4, -0.2) is 0 Å². The van der Waals surface area contributed by atoms with Crippen molar-refractivity contribution in [2.45, 2.75) is 0 Å². The lowest BCUT2D eigenvalue weighted by Gasteiger charge is -2.38. The van der Waals surface area contributed by atoms with Crippen LogP contribution in [0.3, 0.4) is 0 Å². The maximum atomic E-state index is 6.52. The van der Waals surface area contributed by atoms with E-state index in [0.717, 1.165) is 102 Å². The van der Waals surface area contributed by atoms with Gasteiger partial charge in [-0.25, -0.2) is 0 Å². The zero-order valence-corrected chi connectivity index (χ0v) is 25.4. The van der Waals surface area contributed by atoms with Crippen molar-refractivity contribution in [3.05, 3.63) is 146 Å². The second-order valence-corrected chi connectivity index (χ2v) is 12.2. The summed E-state index contributed by atoms with van der Waals surface area (Å²) in [5.74, 6) is 6.28. The van der Waals surface area contributed by atoms with E-state index < -0.39 is 0 Å². The van der Waals surface area contributed by atoms with Crippen LogP contribution in [-0.2, 0) is 0 Å². The molecule has 0 fully saturated rings. The van der Waals surface area contributed by atoms with Gasteiger partial charge in [-0.15, -0.1) is 0 Å². The molecule has 7 aromatic carbocycles. The Morgan fingerprint density at radius 2 is 0.667 bits per heavy atom. The Labute approximate surface area is 276 Å². The summed E-state index contributed by atoms with van der Waals surface area (Å²) >= 11 is 0. The fourth-order valence-corrected chi connectivity index (χ4v) is 7.25. The zero-order valence-electron chi connectivity index (χ0n) is 25.4. The Balaban J connectivity index is 1.01. The molecule has 11 rings (SSSR count). The van der Waals surface area contributed by atoms with E-state index >= 15 is 0 Å². The summed E-state index contributed by atoms with van der Waals surface area (Å²) in [4.78, 5) is 4.48. The zero-order chi connectivity index (χ0) is 31.3. The van der Waals surface area contributed by atoms with Crippen molar-refractivity contribution in [3.63, 3.8) is 0 Å². The van der Waals surface area contributed by atoms with Crippen LogP contribution in [0.1, 0.15) is 0 Å². The van der Waals surface area contributed by atoms with Gasteiger partial charge in [0.25, 0.3) is 0 Å². The van der Waals surface area contributed by atoms with Crippen molar-refractivity contribution in [1.82, 2.24) is 0 Å². The molecule has 0 saturated carbocycles. The maximum absolute atomic E-state index is 6.52. The molecule has 48 heavy (non-hydrogen) atoms. The summed E-state index contributed by atoms with van der Waals surface area (Å²) in [5.41, 5.74) is 9.96. The van der Waals surface area contributed by atoms with E-state index in [2.05, 4.69) is 82.6 Å². The third-order valence-electron chi connectivity index (χ3n) is 9.38. The van der Waals surface area contributed by atoms with Crippen LogP contribution in [0, 0.1) is 0 Å². The molecule has 0 bridgehead atoms. The number of benzene rings is 7. The standard InChI is InChI=1S/C42H24N2O4/c1-4-14-33-29(11-1)44-32-20-19-27(22-38(32)48-37-18-8-17-36(45-33)41(37)44)25-9-7-10-26(21-25)28-23-39-42-40(24-28)47-35-16-6-3-13-31(35)43(42)30-12-2-5-15-34(30)46-39/h1-24H. The van der Waals surface area contributed by atoms with Crippen LogP contribution < -0.4 is 28.7 Å². The van der Waals surface area contributed by atoms with Crippen LogP contribution in [0.5, 0.6) is 46.0 Å². The van der Waals surface area contributed by atoms with Gasteiger partial charge in [0.2, 0.25) is 0 Å². The van der Waals surface area contributed by atoms with E-state index in [4.69, 9.17) is 18.9 Å². The lowest BCUT2D eigenvalue weighted by atomic mass is 9.96. The highest BCUT2D eigenvalue weighted by Crippen LogP contribution is 2.61. The molecule has 226 valence electrons. The lowest BCUT2D eigenvalue weighted by Crippen LogP contribution is -2.20. The Morgan fingerprint density at radius 1 is 0.271 bits per heavy atom. The van der Waals surface area contributed by atoms with Gasteiger partial charge in [0.15, 0.2) is 46.0 Å². The van der Waals surface area contributed by atoms with Crippen molar-refractivity contribution < 1.29 is 18.9 Å². The highest BCUT2D eigenvalue weighted by molar-refractivity contribution is 5.96. The molecular formula is C42H24N2O4. The summed E-state index contributed by atoms with van der Waals surface area (Å²) in [7, 11) is 0. The van der Waals surface area contributed by atoms with Gasteiger partial charge in [-0.3, -0.25) is 9.80 Å². The molecule has 0 aromatic heterocycles. The maximum Gasteiger partial charge on any atom is 0.156 e. The number of para-hydroxylation sites is 7. The average Bonchev–Trinajstić information content (AvgIpc) is 3.14. The van der Waals surface area contributed by atoms with Gasteiger partial charge in [-0.05, 0) is 101 Å². The molecule has 4 heterocycles. The summed E-state index contributed by atoms with van der Waals surface area (Å²) < 4.78 is 25.8. The van der Waals surface area contributed by atoms with Crippen LogP contribution >= 0.6 is 0 Å². The van der Waals surface area contributed by atoms with Crippen LogP contribution in [0.25, 0.3) is 22.3 Å². The van der Waals surface area contributed by atoms with Crippen molar-refractivity contribution in [1.29, 1.82) is 0 Å². The van der Waals surface area contributed by atoms with Crippen molar-refractivity contribution in [3.8, 4) is 68.2 Å². The number of nitrogens with zero attached hydrogens (tertiary/aromatic N) is 2. The number of hydrogen-bond donors (Lipinski definition) is 0. The molecule has 0 atom stereocenters. The van der Waals surface area contributed by atoms with Crippen LogP contribution in [0.2, 0.25) is 0 Å². The molecule has 6 heteroatoms. The third-order valence-corrected chi connectivity index (χ3v) is 9.38. The quantitative estimate of drug-likeness (QED) is 0.192. The topological polar surface area (TPSA) is 43.4 Å². The minimum absolute atomic E-state index is 0.757. The van der Waals surface area contributed by atoms with Crippen LogP contribution in [0.15, 0.2) is 146 Å². The predicted octanol–water partition coefficient (Wildman–Crippen LogP) is 12.4. The summed E-state index contributed by atoms with van der Waals surface area (Å²) in [6.07, 6.45) is 0. The highest BCUT2D eigenvalue weighted by Gasteiger charge is 2.36. The molecule has 0 spiro atoms. The van der Waals surface area contributed by atoms with Crippen molar-refractivity contribution in [2.24, 2.45) is 0 Å². The smallest absolute Gasteiger partial charge is 0.156 e. The Morgan fingerprint density at radius 3 is 1.27 bits per heavy atom. The lowest BCUT2D eigenvalue weighted by molar-refractivity contribution is 0.445. The molecule has 7 aromatic rings. The number of ether oxygens (including phenoxy) is 4. The van der Waals surface area contributed by atoms with E-state index in [-0.39, 0.29) is 0 Å². The number of hydrogen-bond acceptors (Lipinski definition) is 6. The van der Waals surface area contributed by atoms with Crippen molar-refractivity contribution in [2.75, 3.05) is 9.80 Å². The Hall–Kier alpha value is -6.66. The number of anilines is 6. The molecule has 0 aliphatic carbocycles. The van der Waals surface area contributed by atoms with Gasteiger partial charge in [-0.2, -0.15) is 0 Å². The van der Waals surface area contributed by atoms with Gasteiger partial charge < -0.3 is 18.9 Å². The minimum atomic E-state index is 0.757. The first-order valence-corrected chi connectivity index (χ1v) is 15.9. The third kappa shape index (κ3) is 3.57. The van der Waals surface area contributed by atoms with E-state index in [0.29, 0.717) is 0 Å².